The first-order chi connectivity index (χ1) is 12.4. The molecule has 0 unspecified atom stereocenters. The molecular formula is C24H15NY-2. The average Bonchev–Trinajstić information content (AvgIpc) is 3.20. The summed E-state index contributed by atoms with van der Waals surface area (Å²) in [6, 6.07) is 23.3. The van der Waals surface area contributed by atoms with Gasteiger partial charge in [0.2, 0.25) is 0 Å². The molecule has 3 aromatic carbocycles. The van der Waals surface area contributed by atoms with Crippen LogP contribution in [0.1, 0.15) is 12.0 Å². The van der Waals surface area contributed by atoms with Crippen molar-refractivity contribution in [3.63, 3.8) is 0 Å². The van der Waals surface area contributed by atoms with Crippen LogP contribution in [0.3, 0.4) is 0 Å². The van der Waals surface area contributed by atoms with Crippen LogP contribution in [0.15, 0.2) is 72.8 Å². The van der Waals surface area contributed by atoms with Crippen molar-refractivity contribution in [2.75, 3.05) is 0 Å². The summed E-state index contributed by atoms with van der Waals surface area (Å²) in [5, 5.41) is 5.25. The van der Waals surface area contributed by atoms with Crippen LogP contribution in [0.5, 0.6) is 0 Å². The minimum Gasteiger partial charge on any atom is -0.328 e. The van der Waals surface area contributed by atoms with Crippen molar-refractivity contribution in [3.05, 3.63) is 90.9 Å². The van der Waals surface area contributed by atoms with Gasteiger partial charge in [-0.2, -0.15) is 6.07 Å². The topological polar surface area (TPSA) is 4.41 Å². The molecule has 1 nitrogen and oxygen atoms in total. The summed E-state index contributed by atoms with van der Waals surface area (Å²) < 4.78 is 2.42. The molecule has 2 heteroatoms. The van der Waals surface area contributed by atoms with Gasteiger partial charge in [-0.25, -0.2) is 18.6 Å². The van der Waals surface area contributed by atoms with Gasteiger partial charge in [-0.1, -0.05) is 48.2 Å². The number of rotatable bonds is 1. The number of para-hydroxylation sites is 2. The molecule has 0 atom stereocenters. The zero-order chi connectivity index (χ0) is 16.4. The molecule has 2 aromatic heterocycles. The predicted octanol–water partition coefficient (Wildman–Crippen LogP) is 6.18. The van der Waals surface area contributed by atoms with Gasteiger partial charge in [0.1, 0.15) is 0 Å². The molecule has 26 heavy (non-hydrogen) atoms. The molecule has 1 radical (unpaired) electrons. The van der Waals surface area contributed by atoms with Crippen LogP contribution in [0.4, 0.5) is 0 Å². The third kappa shape index (κ3) is 2.08. The fourth-order valence-corrected chi connectivity index (χ4v) is 4.25. The van der Waals surface area contributed by atoms with E-state index < -0.39 is 0 Å². The largest absolute Gasteiger partial charge is 0.328 e. The van der Waals surface area contributed by atoms with Crippen LogP contribution in [0, 0.1) is 12.5 Å². The van der Waals surface area contributed by atoms with Crippen molar-refractivity contribution in [1.29, 1.82) is 0 Å². The minimum absolute atomic E-state index is 0. The second-order valence-corrected chi connectivity index (χ2v) is 6.69. The Morgan fingerprint density at radius 2 is 1.69 bits per heavy atom. The molecule has 0 aliphatic heterocycles. The first-order valence-electron chi connectivity index (χ1n) is 8.71. The zero-order valence-corrected chi connectivity index (χ0v) is 17.1. The molecule has 1 aliphatic rings. The van der Waals surface area contributed by atoms with Gasteiger partial charge in [0.15, 0.2) is 0 Å². The van der Waals surface area contributed by atoms with E-state index in [9.17, 15) is 0 Å². The van der Waals surface area contributed by atoms with Gasteiger partial charge >= 0.3 is 0 Å². The van der Waals surface area contributed by atoms with Crippen molar-refractivity contribution in [1.82, 2.24) is 4.40 Å². The maximum Gasteiger partial charge on any atom is 0.0523 e. The van der Waals surface area contributed by atoms with E-state index in [1.807, 2.05) is 0 Å². The van der Waals surface area contributed by atoms with Crippen LogP contribution in [0.25, 0.3) is 43.7 Å². The van der Waals surface area contributed by atoms with Gasteiger partial charge in [-0.05, 0) is 17.0 Å². The maximum atomic E-state index is 3.51. The predicted molar refractivity (Wildman–Crippen MR) is 106 cm³/mol. The second-order valence-electron chi connectivity index (χ2n) is 6.69. The number of fused-ring (bicyclic) bond motifs is 6. The molecule has 6 rings (SSSR count). The summed E-state index contributed by atoms with van der Waals surface area (Å²) in [5.41, 5.74) is 6.30. The zero-order valence-electron chi connectivity index (χ0n) is 14.2. The molecule has 1 aliphatic carbocycles. The molecule has 0 saturated carbocycles. The van der Waals surface area contributed by atoms with E-state index in [0.29, 0.717) is 0 Å². The smallest absolute Gasteiger partial charge is 0.0523 e. The van der Waals surface area contributed by atoms with Crippen LogP contribution < -0.4 is 0 Å². The molecule has 0 fully saturated rings. The number of benzene rings is 3. The Kier molecular flexibility index (Phi) is 3.70. The standard InChI is InChI=1S/C24H15N.Y/c1-2-7-16(8-3-1)17-13-14-19-21-11-6-10-20-18-9-4-5-12-22(18)25(24(20)21)23(19)15-17;/h1-2,4-12,14-15H,3H2;/q-2;. The Morgan fingerprint density at radius 1 is 0.885 bits per heavy atom. The quantitative estimate of drug-likeness (QED) is 0.293. The molecule has 5 aromatic rings. The maximum absolute atomic E-state index is 3.51. The van der Waals surface area contributed by atoms with Crippen LogP contribution in [-0.2, 0) is 32.7 Å². The second kappa shape index (κ2) is 5.98. The Bertz CT molecular complexity index is 1340. The molecule has 0 spiro atoms. The van der Waals surface area contributed by atoms with Crippen molar-refractivity contribution in [2.24, 2.45) is 0 Å². The summed E-state index contributed by atoms with van der Waals surface area (Å²) in [7, 11) is 0. The molecular weight excluding hydrogens is 391 g/mol. The molecule has 2 heterocycles. The summed E-state index contributed by atoms with van der Waals surface area (Å²) in [6.07, 6.45) is 9.74. The minimum atomic E-state index is 0. The van der Waals surface area contributed by atoms with Gasteiger partial charge in [-0.3, -0.25) is 11.1 Å². The van der Waals surface area contributed by atoms with Crippen molar-refractivity contribution in [3.8, 4) is 0 Å². The van der Waals surface area contributed by atoms with E-state index >= 15 is 0 Å². The van der Waals surface area contributed by atoms with Crippen LogP contribution in [0.2, 0.25) is 0 Å². The molecule has 0 N–H and O–H groups in total. The molecule has 121 valence electrons. The van der Waals surface area contributed by atoms with Gasteiger partial charge in [0.25, 0.3) is 0 Å². The number of hydrogen-bond donors (Lipinski definition) is 0. The van der Waals surface area contributed by atoms with E-state index in [4.69, 9.17) is 0 Å². The number of aromatic nitrogens is 1. The Hall–Kier alpha value is -2.09. The summed E-state index contributed by atoms with van der Waals surface area (Å²) in [6.45, 7) is 0. The van der Waals surface area contributed by atoms with Crippen LogP contribution >= 0.6 is 0 Å². The van der Waals surface area contributed by atoms with Crippen molar-refractivity contribution < 1.29 is 32.7 Å². The summed E-state index contributed by atoms with van der Waals surface area (Å²) >= 11 is 0. The number of nitrogens with zero attached hydrogens (tertiary/aromatic N) is 1. The monoisotopic (exact) mass is 406 g/mol. The first kappa shape index (κ1) is 16.1. The van der Waals surface area contributed by atoms with Gasteiger partial charge in [0.05, 0.1) is 11.0 Å². The fraction of sp³-hybridized carbons (Fsp3) is 0.0417. The van der Waals surface area contributed by atoms with E-state index in [1.54, 1.807) is 0 Å². The third-order valence-corrected chi connectivity index (χ3v) is 5.35. The van der Waals surface area contributed by atoms with Crippen molar-refractivity contribution >= 4 is 43.7 Å². The summed E-state index contributed by atoms with van der Waals surface area (Å²) in [4.78, 5) is 0. The van der Waals surface area contributed by atoms with E-state index in [-0.39, 0.29) is 32.7 Å². The van der Waals surface area contributed by atoms with Gasteiger partial charge in [-0.15, -0.1) is 18.2 Å². The van der Waals surface area contributed by atoms with E-state index in [1.165, 1.54) is 49.2 Å². The molecule has 0 saturated heterocycles. The first-order valence-corrected chi connectivity index (χ1v) is 8.71. The number of hydrogen-bond acceptors (Lipinski definition) is 0. The summed E-state index contributed by atoms with van der Waals surface area (Å²) in [5.74, 6) is 0. The van der Waals surface area contributed by atoms with E-state index in [0.717, 1.165) is 6.42 Å². The fourth-order valence-electron chi connectivity index (χ4n) is 4.25. The molecule has 0 bridgehead atoms. The Labute approximate surface area is 177 Å². The van der Waals surface area contributed by atoms with Crippen molar-refractivity contribution in [2.45, 2.75) is 6.42 Å². The van der Waals surface area contributed by atoms with E-state index in [2.05, 4.69) is 89.7 Å². The molecule has 0 amide bonds. The third-order valence-electron chi connectivity index (χ3n) is 5.35. The number of allylic oxidation sites excluding steroid dienone is 4. The Morgan fingerprint density at radius 3 is 2.54 bits per heavy atom. The van der Waals surface area contributed by atoms with Gasteiger partial charge in [0, 0.05) is 43.5 Å². The normalized spacial score (nSPS) is 14.1. The average molecular weight is 406 g/mol. The SMILES string of the molecule is [Y].[c-]1cc2c3cccc4c5ccccc5n(c2cc1C1=CC=CC[CH-]1)c43. The Balaban J connectivity index is 0.00000150. The van der Waals surface area contributed by atoms with Gasteiger partial charge < -0.3 is 4.40 Å². The van der Waals surface area contributed by atoms with Crippen LogP contribution in [-0.4, -0.2) is 4.40 Å².